The summed E-state index contributed by atoms with van der Waals surface area (Å²) in [6, 6.07) is 17.0. The lowest BCUT2D eigenvalue weighted by Gasteiger charge is -2.39. The van der Waals surface area contributed by atoms with Gasteiger partial charge in [-0.25, -0.2) is 14.5 Å². The number of imidazole rings is 1. The molecule has 0 atom stereocenters. The van der Waals surface area contributed by atoms with Gasteiger partial charge in [0, 0.05) is 17.0 Å². The Morgan fingerprint density at radius 2 is 2.10 bits per heavy atom. The van der Waals surface area contributed by atoms with Crippen LogP contribution in [0.15, 0.2) is 48.8 Å². The van der Waals surface area contributed by atoms with Crippen molar-refractivity contribution in [3.8, 4) is 28.1 Å². The summed E-state index contributed by atoms with van der Waals surface area (Å²) in [5.74, 6) is 2.00. The lowest BCUT2D eigenvalue weighted by Crippen LogP contribution is -2.40. The van der Waals surface area contributed by atoms with Crippen LogP contribution in [0, 0.1) is 6.07 Å². The molecule has 0 unspecified atom stereocenters. The number of ether oxygens (including phenoxy) is 1. The predicted molar refractivity (Wildman–Crippen MR) is 114 cm³/mol. The summed E-state index contributed by atoms with van der Waals surface area (Å²) in [5, 5.41) is 14.6. The Balaban J connectivity index is 1.65. The van der Waals surface area contributed by atoms with E-state index in [-0.39, 0.29) is 5.92 Å². The van der Waals surface area contributed by atoms with E-state index >= 15 is 0 Å². The van der Waals surface area contributed by atoms with Crippen molar-refractivity contribution in [3.05, 3.63) is 60.7 Å². The number of anilines is 1. The van der Waals surface area contributed by atoms with Crippen LogP contribution in [0.5, 0.6) is 5.75 Å². The number of fused-ring (bicyclic) bond motifs is 1. The van der Waals surface area contributed by atoms with Crippen LogP contribution in [0.2, 0.25) is 0 Å². The average Bonchev–Trinajstić information content (AvgIpc) is 3.13. The molecule has 1 fully saturated rings. The van der Waals surface area contributed by atoms with E-state index in [0.717, 1.165) is 28.3 Å². The summed E-state index contributed by atoms with van der Waals surface area (Å²) >= 11 is 0. The van der Waals surface area contributed by atoms with E-state index in [1.54, 1.807) is 11.6 Å². The van der Waals surface area contributed by atoms with Crippen molar-refractivity contribution >= 4 is 11.3 Å². The van der Waals surface area contributed by atoms with E-state index in [9.17, 15) is 5.11 Å². The van der Waals surface area contributed by atoms with E-state index in [1.807, 2.05) is 49.4 Å². The molecule has 0 bridgehead atoms. The highest BCUT2D eigenvalue weighted by Crippen LogP contribution is 2.45. The van der Waals surface area contributed by atoms with Gasteiger partial charge in [-0.1, -0.05) is 30.3 Å². The predicted octanol–water partition coefficient (Wildman–Crippen LogP) is 3.48. The summed E-state index contributed by atoms with van der Waals surface area (Å²) in [5.41, 5.74) is 9.69. The normalized spacial score (nSPS) is 20.8. The van der Waals surface area contributed by atoms with Crippen molar-refractivity contribution in [1.82, 2.24) is 19.6 Å². The molecule has 0 aliphatic heterocycles. The third kappa shape index (κ3) is 2.98. The van der Waals surface area contributed by atoms with E-state index < -0.39 is 5.60 Å². The minimum atomic E-state index is -0.660. The summed E-state index contributed by atoms with van der Waals surface area (Å²) < 4.78 is 7.42. The summed E-state index contributed by atoms with van der Waals surface area (Å²) in [4.78, 5) is 9.06. The number of aromatic nitrogens is 4. The molecule has 151 valence electrons. The monoisotopic (exact) mass is 400 g/mol. The highest BCUT2D eigenvalue weighted by atomic mass is 16.5. The lowest BCUT2D eigenvalue weighted by atomic mass is 9.72. The Kier molecular flexibility index (Phi) is 4.22. The SMILES string of the molecule is COc1cc(-c2nc(C3CC(C)(O)C3)n3ncnc(N)c23)ccc1-c1[c]cccc1. The number of hydrogen-bond donors (Lipinski definition) is 2. The Labute approximate surface area is 174 Å². The molecule has 3 N–H and O–H groups in total. The van der Waals surface area contributed by atoms with E-state index in [1.165, 1.54) is 6.33 Å². The smallest absolute Gasteiger partial charge is 0.153 e. The van der Waals surface area contributed by atoms with Gasteiger partial charge in [0.15, 0.2) is 5.82 Å². The standard InChI is InChI=1S/C23H22N5O2/c1-23(29)11-16(12-23)22-27-19(20-21(24)25-13-26-28(20)22)15-8-9-17(18(10-15)30-2)14-6-4-3-5-7-14/h3-6,8-10,13,16,29H,11-12H2,1-2H3,(H2,24,25,26). The number of methoxy groups -OCH3 is 1. The van der Waals surface area contributed by atoms with Crippen molar-refractivity contribution < 1.29 is 9.84 Å². The van der Waals surface area contributed by atoms with Gasteiger partial charge in [-0.3, -0.25) is 0 Å². The van der Waals surface area contributed by atoms with E-state index in [4.69, 9.17) is 15.5 Å². The molecule has 4 aromatic rings. The van der Waals surface area contributed by atoms with E-state index in [0.29, 0.717) is 29.9 Å². The van der Waals surface area contributed by atoms with Crippen LogP contribution in [0.1, 0.15) is 31.5 Å². The fraction of sp³-hybridized carbons (Fsp3) is 0.261. The first-order chi connectivity index (χ1) is 14.5. The molecule has 0 spiro atoms. The molecular weight excluding hydrogens is 378 g/mol. The van der Waals surface area contributed by atoms with Crippen LogP contribution in [0.25, 0.3) is 27.9 Å². The summed E-state index contributed by atoms with van der Waals surface area (Å²) in [6.45, 7) is 1.84. The maximum absolute atomic E-state index is 10.2. The van der Waals surface area contributed by atoms with E-state index in [2.05, 4.69) is 16.1 Å². The largest absolute Gasteiger partial charge is 0.496 e. The molecular formula is C23H22N5O2. The number of hydrogen-bond acceptors (Lipinski definition) is 6. The van der Waals surface area contributed by atoms with Crippen molar-refractivity contribution in [2.24, 2.45) is 0 Å². The van der Waals surface area contributed by atoms with Crippen LogP contribution in [0.3, 0.4) is 0 Å². The quantitative estimate of drug-likeness (QED) is 0.544. The zero-order chi connectivity index (χ0) is 20.9. The number of nitrogens with two attached hydrogens (primary N) is 1. The van der Waals surface area contributed by atoms with Gasteiger partial charge in [-0.15, -0.1) is 0 Å². The molecule has 0 amide bonds. The summed E-state index contributed by atoms with van der Waals surface area (Å²) in [7, 11) is 1.65. The third-order valence-electron chi connectivity index (χ3n) is 5.70. The Morgan fingerprint density at radius 1 is 1.27 bits per heavy atom. The average molecular weight is 400 g/mol. The number of rotatable bonds is 4. The number of nitrogens with zero attached hydrogens (tertiary/aromatic N) is 4. The van der Waals surface area contributed by atoms with Gasteiger partial charge >= 0.3 is 0 Å². The van der Waals surface area contributed by atoms with Gasteiger partial charge in [0.2, 0.25) is 0 Å². The molecule has 7 nitrogen and oxygen atoms in total. The highest BCUT2D eigenvalue weighted by molar-refractivity contribution is 5.87. The minimum absolute atomic E-state index is 0.121. The molecule has 7 heteroatoms. The fourth-order valence-electron chi connectivity index (χ4n) is 4.25. The molecule has 1 aliphatic carbocycles. The molecule has 0 saturated heterocycles. The first-order valence-electron chi connectivity index (χ1n) is 9.84. The molecule has 30 heavy (non-hydrogen) atoms. The van der Waals surface area contributed by atoms with Gasteiger partial charge in [-0.05, 0) is 43.5 Å². The van der Waals surface area contributed by atoms with Crippen LogP contribution in [0.4, 0.5) is 5.82 Å². The van der Waals surface area contributed by atoms with Crippen LogP contribution in [-0.4, -0.2) is 37.4 Å². The van der Waals surface area contributed by atoms with Crippen molar-refractivity contribution in [2.45, 2.75) is 31.3 Å². The Hall–Kier alpha value is -3.45. The topological polar surface area (TPSA) is 98.6 Å². The maximum atomic E-state index is 10.2. The third-order valence-corrected chi connectivity index (χ3v) is 5.70. The minimum Gasteiger partial charge on any atom is -0.496 e. The van der Waals surface area contributed by atoms with Crippen LogP contribution < -0.4 is 10.5 Å². The Bertz CT molecular complexity index is 1230. The second kappa shape index (κ2) is 6.81. The van der Waals surface area contributed by atoms with Gasteiger partial charge in [0.25, 0.3) is 0 Å². The van der Waals surface area contributed by atoms with Crippen LogP contribution in [-0.2, 0) is 0 Å². The first-order valence-corrected chi connectivity index (χ1v) is 9.84. The van der Waals surface area contributed by atoms with Crippen molar-refractivity contribution in [1.29, 1.82) is 0 Å². The number of benzene rings is 2. The fourth-order valence-corrected chi connectivity index (χ4v) is 4.25. The Morgan fingerprint density at radius 3 is 2.80 bits per heavy atom. The van der Waals surface area contributed by atoms with Gasteiger partial charge < -0.3 is 15.6 Å². The molecule has 2 aromatic carbocycles. The second-order valence-corrected chi connectivity index (χ2v) is 8.02. The zero-order valence-electron chi connectivity index (χ0n) is 16.8. The van der Waals surface area contributed by atoms with Crippen molar-refractivity contribution in [3.63, 3.8) is 0 Å². The molecule has 5 rings (SSSR count). The van der Waals surface area contributed by atoms with Crippen LogP contribution >= 0.6 is 0 Å². The lowest BCUT2D eigenvalue weighted by molar-refractivity contribution is -0.0337. The number of nitrogen functional groups attached to an aromatic ring is 1. The van der Waals surface area contributed by atoms with Gasteiger partial charge in [0.1, 0.15) is 29.1 Å². The zero-order valence-corrected chi connectivity index (χ0v) is 16.8. The number of aliphatic hydroxyl groups is 1. The highest BCUT2D eigenvalue weighted by Gasteiger charge is 2.42. The van der Waals surface area contributed by atoms with Gasteiger partial charge in [0.05, 0.1) is 12.7 Å². The van der Waals surface area contributed by atoms with Crippen molar-refractivity contribution in [2.75, 3.05) is 12.8 Å². The maximum Gasteiger partial charge on any atom is 0.153 e. The summed E-state index contributed by atoms with van der Waals surface area (Å²) in [6.07, 6.45) is 2.71. The second-order valence-electron chi connectivity index (χ2n) is 8.02. The molecule has 2 aromatic heterocycles. The molecule has 2 heterocycles. The molecule has 1 aliphatic rings. The first kappa shape index (κ1) is 18.6. The molecule has 1 saturated carbocycles. The molecule has 1 radical (unpaired) electrons. The van der Waals surface area contributed by atoms with Gasteiger partial charge in [-0.2, -0.15) is 5.10 Å².